The van der Waals surface area contributed by atoms with E-state index in [2.05, 4.69) is 45.9 Å². The van der Waals surface area contributed by atoms with Crippen LogP contribution >= 0.6 is 0 Å². The summed E-state index contributed by atoms with van der Waals surface area (Å²) in [4.78, 5) is 0. The second-order valence-electron chi connectivity index (χ2n) is 5.01. The van der Waals surface area contributed by atoms with Gasteiger partial charge in [0, 0.05) is 0 Å². The van der Waals surface area contributed by atoms with Crippen LogP contribution < -0.4 is 24.8 Å². The summed E-state index contributed by atoms with van der Waals surface area (Å²) in [5.41, 5.74) is 16.0. The van der Waals surface area contributed by atoms with Gasteiger partial charge in [-0.25, -0.2) is 0 Å². The van der Waals surface area contributed by atoms with Gasteiger partial charge in [0.05, 0.1) is 0 Å². The van der Waals surface area contributed by atoms with Crippen molar-refractivity contribution in [2.45, 2.75) is 41.5 Å². The summed E-state index contributed by atoms with van der Waals surface area (Å²) in [6.45, 7) is 12.7. The molecule has 2 rings (SSSR count). The monoisotopic (exact) mass is 475 g/mol. The van der Waals surface area contributed by atoms with Crippen molar-refractivity contribution in [2.75, 3.05) is 0 Å². The Morgan fingerprint density at radius 2 is 1.41 bits per heavy atom. The summed E-state index contributed by atoms with van der Waals surface area (Å²) in [7, 11) is 0. The van der Waals surface area contributed by atoms with Crippen molar-refractivity contribution >= 4 is 17.8 Å². The van der Waals surface area contributed by atoms with Crippen LogP contribution in [0.2, 0.25) is 0 Å². The Kier molecular flexibility index (Phi) is 17.1. The first-order valence-corrected chi connectivity index (χ1v) is 14.0. The fraction of sp³-hybridized carbons (Fsp3) is 0.353. The van der Waals surface area contributed by atoms with Crippen LogP contribution in [0.1, 0.15) is 33.4 Å². The fourth-order valence-corrected chi connectivity index (χ4v) is 1.88. The van der Waals surface area contributed by atoms with Crippen molar-refractivity contribution in [3.63, 3.8) is 0 Å². The van der Waals surface area contributed by atoms with E-state index in [1.165, 1.54) is 27.8 Å². The van der Waals surface area contributed by atoms with Crippen LogP contribution in [0.25, 0.3) is 5.73 Å². The first kappa shape index (κ1) is 27.2. The minimum absolute atomic E-state index is 0. The first-order chi connectivity index (χ1) is 9.34. The van der Waals surface area contributed by atoms with Gasteiger partial charge in [-0.2, -0.15) is 28.3 Å². The molecule has 0 saturated carbocycles. The van der Waals surface area contributed by atoms with E-state index in [-0.39, 0.29) is 24.8 Å². The number of aryl methyl sites for hydroxylation is 3. The predicted molar refractivity (Wildman–Crippen MR) is 86.6 cm³/mol. The Balaban J connectivity index is -0.000000273. The molecular formula is C17H23Cl2GeNZr-2. The van der Waals surface area contributed by atoms with E-state index < -0.39 is 0 Å². The molecule has 2 radical (unpaired) electrons. The Bertz CT molecular complexity index is 525. The van der Waals surface area contributed by atoms with Crippen molar-refractivity contribution in [3.05, 3.63) is 63.4 Å². The summed E-state index contributed by atoms with van der Waals surface area (Å²) in [6.07, 6.45) is 0. The van der Waals surface area contributed by atoms with E-state index in [9.17, 15) is 0 Å². The van der Waals surface area contributed by atoms with Crippen LogP contribution in [0.3, 0.4) is 0 Å². The van der Waals surface area contributed by atoms with Gasteiger partial charge in [0.1, 0.15) is 0 Å². The average molecular weight is 476 g/mol. The van der Waals surface area contributed by atoms with Crippen LogP contribution in [-0.4, -0.2) is 12.1 Å². The molecule has 5 heteroatoms. The van der Waals surface area contributed by atoms with Crippen LogP contribution in [0.15, 0.2) is 24.3 Å². The van der Waals surface area contributed by atoms with Gasteiger partial charge in [0.25, 0.3) is 0 Å². The van der Waals surface area contributed by atoms with Crippen molar-refractivity contribution in [3.8, 4) is 0 Å². The zero-order valence-electron chi connectivity index (χ0n) is 14.1. The standard InChI is InChI=1S/C9H13.C8H10N.2ClH.Ge.Zr/c1-6-5-7(2)9(4)8(6)3;1-6-4-3-5-8(9)7(6)2;;;;/h5H,1-4H3;3-5,9H,1-2H3;2*1H;;/q2*-1;;;;+2/p-2. The van der Waals surface area contributed by atoms with Crippen molar-refractivity contribution in [1.82, 2.24) is 0 Å². The Morgan fingerprint density at radius 1 is 0.909 bits per heavy atom. The van der Waals surface area contributed by atoms with E-state index in [1.807, 2.05) is 32.0 Å². The summed E-state index contributed by atoms with van der Waals surface area (Å²) in [5.74, 6) is 0. The molecule has 0 bridgehead atoms. The maximum absolute atomic E-state index is 7.36. The van der Waals surface area contributed by atoms with Crippen molar-refractivity contribution < 1.29 is 46.4 Å². The molecule has 0 aromatic heterocycles. The second kappa shape index (κ2) is 13.8. The number of nitrogens with one attached hydrogen (secondary N) is 1. The molecule has 0 aliphatic heterocycles. The molecule has 22 heavy (non-hydrogen) atoms. The van der Waals surface area contributed by atoms with Gasteiger partial charge < -0.3 is 30.5 Å². The first-order valence-electron chi connectivity index (χ1n) is 6.57. The van der Waals surface area contributed by atoms with Gasteiger partial charge in [0.2, 0.25) is 0 Å². The Labute approximate surface area is 168 Å². The Hall–Kier alpha value is 0.376. The van der Waals surface area contributed by atoms with Crippen LogP contribution in [0.5, 0.6) is 0 Å². The predicted octanol–water partition coefficient (Wildman–Crippen LogP) is -0.749. The summed E-state index contributed by atoms with van der Waals surface area (Å²) < 4.78 is 0. The molecular weight excluding hydrogens is 453 g/mol. The molecule has 0 spiro atoms. The molecule has 2 aromatic rings. The fourth-order valence-electron chi connectivity index (χ4n) is 1.88. The normalized spacial score (nSPS) is 8.36. The number of benzene rings is 1. The number of rotatable bonds is 0. The number of halogens is 2. The van der Waals surface area contributed by atoms with Crippen LogP contribution in [0, 0.1) is 41.5 Å². The van der Waals surface area contributed by atoms with E-state index in [0.29, 0.717) is 5.69 Å². The van der Waals surface area contributed by atoms with Crippen LogP contribution in [0.4, 0.5) is 5.69 Å². The van der Waals surface area contributed by atoms with E-state index in [1.54, 1.807) is 21.6 Å². The van der Waals surface area contributed by atoms with E-state index >= 15 is 0 Å². The average Bonchev–Trinajstić information content (AvgIpc) is 2.66. The minimum atomic E-state index is 0. The third kappa shape index (κ3) is 8.29. The molecule has 0 fully saturated rings. The van der Waals surface area contributed by atoms with Crippen molar-refractivity contribution in [2.24, 2.45) is 0 Å². The van der Waals surface area contributed by atoms with Crippen LogP contribution in [-0.2, 0) is 21.6 Å². The molecule has 0 aliphatic rings. The topological polar surface area (TPSA) is 23.8 Å². The van der Waals surface area contributed by atoms with Gasteiger partial charge in [-0.15, -0.1) is 5.69 Å². The van der Waals surface area contributed by atoms with E-state index in [4.69, 9.17) is 5.73 Å². The molecule has 0 atom stereocenters. The zero-order chi connectivity index (χ0) is 15.9. The summed E-state index contributed by atoms with van der Waals surface area (Å²) in [6, 6.07) is 7.98. The molecule has 0 aliphatic carbocycles. The second-order valence-corrected chi connectivity index (χ2v) is 5.01. The maximum atomic E-state index is 7.36. The zero-order valence-corrected chi connectivity index (χ0v) is 20.1. The molecule has 0 unspecified atom stereocenters. The molecule has 1 nitrogen and oxygen atoms in total. The number of hydrogen-bond donors (Lipinski definition) is 0. The van der Waals surface area contributed by atoms with Gasteiger partial charge in [-0.05, 0) is 19.4 Å². The SMILES string of the molecule is Cc1c[c-](C)c(C)c1C.Cc1cccc([NH-])c1C.[Cl-].[Cl-].[Ge]=[Zr+2]. The molecule has 2 aromatic carbocycles. The Morgan fingerprint density at radius 3 is 1.64 bits per heavy atom. The molecule has 0 amide bonds. The van der Waals surface area contributed by atoms with Gasteiger partial charge in [0.15, 0.2) is 0 Å². The van der Waals surface area contributed by atoms with Gasteiger partial charge in [-0.1, -0.05) is 51.5 Å². The molecule has 0 heterocycles. The van der Waals surface area contributed by atoms with Crippen molar-refractivity contribution in [1.29, 1.82) is 0 Å². The van der Waals surface area contributed by atoms with E-state index in [0.717, 1.165) is 5.56 Å². The molecule has 1 N–H and O–H groups in total. The van der Waals surface area contributed by atoms with Gasteiger partial charge >= 0.3 is 33.7 Å². The van der Waals surface area contributed by atoms with Gasteiger partial charge in [-0.3, -0.25) is 0 Å². The quantitative estimate of drug-likeness (QED) is 0.354. The third-order valence-electron chi connectivity index (χ3n) is 3.78. The summed E-state index contributed by atoms with van der Waals surface area (Å²) in [5, 5.41) is 0. The molecule has 120 valence electrons. The summed E-state index contributed by atoms with van der Waals surface area (Å²) >= 11 is 3.64. The third-order valence-corrected chi connectivity index (χ3v) is 3.78. The number of hydrogen-bond acceptors (Lipinski definition) is 0. The molecule has 0 saturated heterocycles.